The van der Waals surface area contributed by atoms with Gasteiger partial charge in [0.25, 0.3) is 0 Å². The van der Waals surface area contributed by atoms with Gasteiger partial charge in [0.05, 0.1) is 0 Å². The molecule has 2 N–H and O–H groups in total. The van der Waals surface area contributed by atoms with E-state index >= 15 is 0 Å². The molecule has 2 aromatic rings. The summed E-state index contributed by atoms with van der Waals surface area (Å²) < 4.78 is 5.69. The van der Waals surface area contributed by atoms with Crippen molar-refractivity contribution in [3.05, 3.63) is 59.7 Å². The van der Waals surface area contributed by atoms with E-state index in [0.29, 0.717) is 25.8 Å². The summed E-state index contributed by atoms with van der Waals surface area (Å²) in [6, 6.07) is 15.3. The number of piperidine rings is 1. The lowest BCUT2D eigenvalue weighted by Gasteiger charge is -2.42. The number of amides is 2. The van der Waals surface area contributed by atoms with Crippen LogP contribution in [0.5, 0.6) is 0 Å². The van der Waals surface area contributed by atoms with Crippen LogP contribution >= 0.6 is 0 Å². The first kappa shape index (κ1) is 24.8. The average molecular weight is 479 g/mol. The van der Waals surface area contributed by atoms with Crippen molar-refractivity contribution in [2.24, 2.45) is 5.92 Å². The molecule has 4 rings (SSSR count). The van der Waals surface area contributed by atoms with E-state index in [4.69, 9.17) is 4.74 Å². The van der Waals surface area contributed by atoms with Crippen LogP contribution < -0.4 is 5.32 Å². The third kappa shape index (κ3) is 4.64. The molecule has 0 radical (unpaired) electrons. The highest BCUT2D eigenvalue weighted by atomic mass is 16.5. The van der Waals surface area contributed by atoms with E-state index in [0.717, 1.165) is 28.7 Å². The van der Waals surface area contributed by atoms with Gasteiger partial charge < -0.3 is 20.1 Å². The Hall–Kier alpha value is -3.35. The molecule has 7 nitrogen and oxygen atoms in total. The molecule has 0 spiro atoms. The molecule has 2 aromatic carbocycles. The predicted molar refractivity (Wildman–Crippen MR) is 133 cm³/mol. The van der Waals surface area contributed by atoms with Gasteiger partial charge in [-0.15, -0.1) is 0 Å². The van der Waals surface area contributed by atoms with Crippen LogP contribution in [0.25, 0.3) is 11.1 Å². The lowest BCUT2D eigenvalue weighted by Crippen LogP contribution is -2.63. The first-order valence-corrected chi connectivity index (χ1v) is 12.5. The van der Waals surface area contributed by atoms with Gasteiger partial charge in [-0.05, 0) is 53.9 Å². The number of carbonyl (C=O) groups excluding carboxylic acids is 2. The molecule has 2 unspecified atom stereocenters. The van der Waals surface area contributed by atoms with Crippen molar-refractivity contribution in [3.8, 4) is 11.1 Å². The van der Waals surface area contributed by atoms with Crippen LogP contribution in [-0.4, -0.2) is 52.7 Å². The van der Waals surface area contributed by atoms with E-state index in [9.17, 15) is 19.5 Å². The maximum atomic E-state index is 13.7. The van der Waals surface area contributed by atoms with Gasteiger partial charge in [0.1, 0.15) is 18.2 Å². The number of carbonyl (C=O) groups is 3. The number of carboxylic acid groups (broad SMARTS) is 1. The van der Waals surface area contributed by atoms with Crippen LogP contribution in [0, 0.1) is 5.92 Å². The zero-order valence-corrected chi connectivity index (χ0v) is 20.6. The quantitative estimate of drug-likeness (QED) is 0.596. The zero-order valence-electron chi connectivity index (χ0n) is 20.6. The summed E-state index contributed by atoms with van der Waals surface area (Å²) in [6.07, 6.45) is 1.18. The van der Waals surface area contributed by atoms with Gasteiger partial charge in [-0.2, -0.15) is 0 Å². The SMILES string of the molecule is CCC(CC)(NC(=O)OCC1c2ccccc2-c2ccccc21)C(=O)N1CC(C)CCC1C(=O)O. The normalized spacial score (nSPS) is 19.6. The Kier molecular flexibility index (Phi) is 7.15. The number of fused-ring (bicyclic) bond motifs is 3. The number of rotatable bonds is 7. The number of nitrogens with zero attached hydrogens (tertiary/aromatic N) is 1. The number of hydrogen-bond acceptors (Lipinski definition) is 4. The second kappa shape index (κ2) is 10.1. The summed E-state index contributed by atoms with van der Waals surface area (Å²) in [5, 5.41) is 12.5. The van der Waals surface area contributed by atoms with Gasteiger partial charge in [-0.25, -0.2) is 9.59 Å². The van der Waals surface area contributed by atoms with Gasteiger partial charge in [-0.3, -0.25) is 4.79 Å². The molecule has 0 bridgehead atoms. The fraction of sp³-hybridized carbons (Fsp3) is 0.464. The molecule has 1 heterocycles. The van der Waals surface area contributed by atoms with Crippen molar-refractivity contribution < 1.29 is 24.2 Å². The molecule has 2 aliphatic rings. The number of alkyl carbamates (subject to hydrolysis) is 1. The molecule has 1 saturated heterocycles. The third-order valence-corrected chi connectivity index (χ3v) is 7.66. The molecule has 0 aromatic heterocycles. The van der Waals surface area contributed by atoms with Gasteiger partial charge in [-0.1, -0.05) is 69.3 Å². The van der Waals surface area contributed by atoms with Crippen molar-refractivity contribution in [2.45, 2.75) is 64.0 Å². The van der Waals surface area contributed by atoms with Crippen LogP contribution in [0.1, 0.15) is 63.5 Å². The third-order valence-electron chi connectivity index (χ3n) is 7.66. The highest BCUT2D eigenvalue weighted by Gasteiger charge is 2.45. The van der Waals surface area contributed by atoms with Crippen molar-refractivity contribution in [3.63, 3.8) is 0 Å². The van der Waals surface area contributed by atoms with Crippen molar-refractivity contribution in [1.82, 2.24) is 10.2 Å². The number of benzene rings is 2. The van der Waals surface area contributed by atoms with Crippen molar-refractivity contribution in [1.29, 1.82) is 0 Å². The Balaban J connectivity index is 1.50. The maximum absolute atomic E-state index is 13.7. The molecule has 1 aliphatic heterocycles. The Morgan fingerprint density at radius 2 is 1.57 bits per heavy atom. The summed E-state index contributed by atoms with van der Waals surface area (Å²) in [4.78, 5) is 39.9. The number of likely N-dealkylation sites (tertiary alicyclic amines) is 1. The van der Waals surface area contributed by atoms with E-state index in [-0.39, 0.29) is 24.3 Å². The minimum atomic E-state index is -1.21. The summed E-state index contributed by atoms with van der Waals surface area (Å²) in [5.41, 5.74) is 3.29. The van der Waals surface area contributed by atoms with Gasteiger partial charge in [0, 0.05) is 12.5 Å². The molecule has 35 heavy (non-hydrogen) atoms. The van der Waals surface area contributed by atoms with Gasteiger partial charge in [0.2, 0.25) is 5.91 Å². The maximum Gasteiger partial charge on any atom is 0.408 e. The molecule has 2 amide bonds. The first-order chi connectivity index (χ1) is 16.8. The highest BCUT2D eigenvalue weighted by molar-refractivity contribution is 5.93. The van der Waals surface area contributed by atoms with Crippen LogP contribution in [0.2, 0.25) is 0 Å². The first-order valence-electron chi connectivity index (χ1n) is 12.5. The van der Waals surface area contributed by atoms with Crippen molar-refractivity contribution in [2.75, 3.05) is 13.2 Å². The van der Waals surface area contributed by atoms with Crippen molar-refractivity contribution >= 4 is 18.0 Å². The summed E-state index contributed by atoms with van der Waals surface area (Å²) >= 11 is 0. The summed E-state index contributed by atoms with van der Waals surface area (Å²) in [6.45, 7) is 6.18. The van der Waals surface area contributed by atoms with E-state index in [2.05, 4.69) is 29.6 Å². The molecular formula is C28H34N2O5. The molecule has 186 valence electrons. The molecule has 1 aliphatic carbocycles. The molecule has 7 heteroatoms. The number of ether oxygens (including phenoxy) is 1. The van der Waals surface area contributed by atoms with Crippen LogP contribution in [-0.2, 0) is 14.3 Å². The van der Waals surface area contributed by atoms with Gasteiger partial charge >= 0.3 is 12.1 Å². The predicted octanol–water partition coefficient (Wildman–Crippen LogP) is 4.80. The standard InChI is InChI=1S/C28H34N2O5/c1-4-28(5-2,26(33)30-16-18(3)14-15-24(30)25(31)32)29-27(34)35-17-23-21-12-8-6-10-19(21)20-11-7-9-13-22(20)23/h6-13,18,23-24H,4-5,14-17H2,1-3H3,(H,29,34)(H,31,32). The minimum absolute atomic E-state index is 0.0826. The average Bonchev–Trinajstić information content (AvgIpc) is 3.19. The molecule has 2 atom stereocenters. The summed E-state index contributed by atoms with van der Waals surface area (Å²) in [5.74, 6) is -1.24. The van der Waals surface area contributed by atoms with Crippen LogP contribution in [0.3, 0.4) is 0 Å². The minimum Gasteiger partial charge on any atom is -0.480 e. The van der Waals surface area contributed by atoms with Crippen LogP contribution in [0.15, 0.2) is 48.5 Å². The fourth-order valence-corrected chi connectivity index (χ4v) is 5.52. The molecule has 1 fully saturated rings. The fourth-order valence-electron chi connectivity index (χ4n) is 5.52. The Morgan fingerprint density at radius 1 is 1.00 bits per heavy atom. The van der Waals surface area contributed by atoms with E-state index in [1.165, 1.54) is 4.90 Å². The molecular weight excluding hydrogens is 444 g/mol. The highest BCUT2D eigenvalue weighted by Crippen LogP contribution is 2.44. The van der Waals surface area contributed by atoms with E-state index in [1.807, 2.05) is 45.0 Å². The van der Waals surface area contributed by atoms with E-state index in [1.54, 1.807) is 0 Å². The number of carboxylic acids is 1. The largest absolute Gasteiger partial charge is 0.480 e. The number of aliphatic carboxylic acids is 1. The smallest absolute Gasteiger partial charge is 0.408 e. The topological polar surface area (TPSA) is 95.9 Å². The Labute approximate surface area is 206 Å². The Bertz CT molecular complexity index is 1060. The van der Waals surface area contributed by atoms with Gasteiger partial charge in [0.15, 0.2) is 0 Å². The van der Waals surface area contributed by atoms with E-state index < -0.39 is 23.6 Å². The molecule has 0 saturated carbocycles. The second-order valence-electron chi connectivity index (χ2n) is 9.73. The summed E-state index contributed by atoms with van der Waals surface area (Å²) in [7, 11) is 0. The monoisotopic (exact) mass is 478 g/mol. The lowest BCUT2D eigenvalue weighted by molar-refractivity contribution is -0.156. The zero-order chi connectivity index (χ0) is 25.2. The number of nitrogens with one attached hydrogen (secondary N) is 1. The lowest BCUT2D eigenvalue weighted by atomic mass is 9.87. The second-order valence-corrected chi connectivity index (χ2v) is 9.73. The van der Waals surface area contributed by atoms with Crippen LogP contribution in [0.4, 0.5) is 4.79 Å². The number of hydrogen-bond donors (Lipinski definition) is 2. The Morgan fingerprint density at radius 3 is 2.11 bits per heavy atom.